The summed E-state index contributed by atoms with van der Waals surface area (Å²) in [6.07, 6.45) is 1.29. The van der Waals surface area contributed by atoms with Crippen molar-refractivity contribution in [2.45, 2.75) is 13.0 Å². The molecule has 0 radical (unpaired) electrons. The minimum absolute atomic E-state index is 0. The van der Waals surface area contributed by atoms with Crippen molar-refractivity contribution < 1.29 is 9.32 Å². The van der Waals surface area contributed by atoms with Crippen LogP contribution in [0.4, 0.5) is 0 Å². The Morgan fingerprint density at radius 3 is 2.76 bits per heavy atom. The van der Waals surface area contributed by atoms with Crippen molar-refractivity contribution in [3.8, 4) is 11.4 Å². The summed E-state index contributed by atoms with van der Waals surface area (Å²) in [6, 6.07) is 7.51. The summed E-state index contributed by atoms with van der Waals surface area (Å²) in [5, 5.41) is 7.05. The number of hydrogen-bond acceptors (Lipinski definition) is 5. The van der Waals surface area contributed by atoms with Gasteiger partial charge in [0.1, 0.15) is 0 Å². The molecule has 0 saturated carbocycles. The largest absolute Gasteiger partial charge is 0.342 e. The van der Waals surface area contributed by atoms with Crippen LogP contribution in [-0.4, -0.2) is 46.6 Å². The molecule has 1 N–H and O–H groups in total. The maximum absolute atomic E-state index is 12.5. The van der Waals surface area contributed by atoms with Crippen LogP contribution < -0.4 is 5.32 Å². The first-order valence-corrected chi connectivity index (χ1v) is 6.64. The van der Waals surface area contributed by atoms with Gasteiger partial charge >= 0.3 is 0 Å². The van der Waals surface area contributed by atoms with Crippen molar-refractivity contribution in [3.05, 3.63) is 36.2 Å². The lowest BCUT2D eigenvalue weighted by Crippen LogP contribution is -2.52. The summed E-state index contributed by atoms with van der Waals surface area (Å²) in [5.41, 5.74) is 1.52. The molecule has 21 heavy (non-hydrogen) atoms. The van der Waals surface area contributed by atoms with E-state index in [2.05, 4.69) is 22.4 Å². The Morgan fingerprint density at radius 2 is 2.14 bits per heavy atom. The fourth-order valence-electron chi connectivity index (χ4n) is 2.37. The van der Waals surface area contributed by atoms with Crippen LogP contribution in [0.25, 0.3) is 11.4 Å². The number of aromatic nitrogens is 2. The van der Waals surface area contributed by atoms with E-state index in [4.69, 9.17) is 4.52 Å². The van der Waals surface area contributed by atoms with Crippen LogP contribution in [-0.2, 0) is 0 Å². The average molecular weight is 309 g/mol. The predicted octanol–water partition coefficient (Wildman–Crippen LogP) is 1.59. The highest BCUT2D eigenvalue weighted by Crippen LogP contribution is 2.17. The number of carbonyl (C=O) groups is 1. The van der Waals surface area contributed by atoms with E-state index in [-0.39, 0.29) is 24.4 Å². The third kappa shape index (κ3) is 3.22. The Hall–Kier alpha value is -1.92. The zero-order chi connectivity index (χ0) is 13.9. The van der Waals surface area contributed by atoms with Gasteiger partial charge < -0.3 is 14.7 Å². The molecule has 0 unspecified atom stereocenters. The zero-order valence-corrected chi connectivity index (χ0v) is 12.5. The third-order valence-electron chi connectivity index (χ3n) is 3.51. The number of nitrogens with zero attached hydrogens (tertiary/aromatic N) is 3. The molecule has 0 aliphatic carbocycles. The van der Waals surface area contributed by atoms with Gasteiger partial charge in [0, 0.05) is 36.8 Å². The first kappa shape index (κ1) is 15.5. The lowest BCUT2D eigenvalue weighted by Gasteiger charge is -2.34. The van der Waals surface area contributed by atoms with Crippen molar-refractivity contribution in [1.29, 1.82) is 0 Å². The average Bonchev–Trinajstić information content (AvgIpc) is 3.01. The molecule has 6 nitrogen and oxygen atoms in total. The van der Waals surface area contributed by atoms with E-state index in [0.29, 0.717) is 11.4 Å². The molecule has 7 heteroatoms. The second kappa shape index (κ2) is 6.69. The molecular formula is C14H17ClN4O2. The molecule has 1 aliphatic heterocycles. The number of piperazine rings is 1. The standard InChI is InChI=1S/C14H16N4O2.ClH/c1-10-8-15-6-7-18(10)14(19)12-4-2-11(3-5-12)13-16-9-20-17-13;/h2-5,9-10,15H,6-8H2,1H3;1H/t10-;/m1./s1. The molecule has 1 aromatic heterocycles. The van der Waals surface area contributed by atoms with Crippen LogP contribution in [0.5, 0.6) is 0 Å². The maximum Gasteiger partial charge on any atom is 0.254 e. The number of benzene rings is 1. The minimum Gasteiger partial charge on any atom is -0.342 e. The molecule has 1 amide bonds. The second-order valence-electron chi connectivity index (χ2n) is 4.88. The molecule has 1 atom stereocenters. The highest BCUT2D eigenvalue weighted by molar-refractivity contribution is 5.94. The van der Waals surface area contributed by atoms with Gasteiger partial charge in [-0.2, -0.15) is 4.98 Å². The summed E-state index contributed by atoms with van der Waals surface area (Å²) in [4.78, 5) is 18.3. The van der Waals surface area contributed by atoms with Crippen molar-refractivity contribution in [2.75, 3.05) is 19.6 Å². The van der Waals surface area contributed by atoms with Gasteiger partial charge in [-0.3, -0.25) is 4.79 Å². The molecule has 2 aromatic rings. The van der Waals surface area contributed by atoms with Crippen molar-refractivity contribution >= 4 is 18.3 Å². The van der Waals surface area contributed by atoms with Gasteiger partial charge in [-0.1, -0.05) is 17.3 Å². The topological polar surface area (TPSA) is 71.3 Å². The molecule has 1 aromatic carbocycles. The summed E-state index contributed by atoms with van der Waals surface area (Å²) in [7, 11) is 0. The first-order chi connectivity index (χ1) is 9.75. The van der Waals surface area contributed by atoms with Crippen molar-refractivity contribution in [1.82, 2.24) is 20.4 Å². The van der Waals surface area contributed by atoms with Crippen LogP contribution in [0.1, 0.15) is 17.3 Å². The van der Waals surface area contributed by atoms with Crippen LogP contribution in [0.2, 0.25) is 0 Å². The Balaban J connectivity index is 0.00000161. The Labute approximate surface area is 128 Å². The van der Waals surface area contributed by atoms with Crippen LogP contribution in [0, 0.1) is 0 Å². The van der Waals surface area contributed by atoms with E-state index in [1.807, 2.05) is 29.2 Å². The fourth-order valence-corrected chi connectivity index (χ4v) is 2.37. The number of carbonyl (C=O) groups excluding carboxylic acids is 1. The number of rotatable bonds is 2. The summed E-state index contributed by atoms with van der Waals surface area (Å²) < 4.78 is 4.71. The van der Waals surface area contributed by atoms with Gasteiger partial charge in [0.2, 0.25) is 12.2 Å². The molecule has 0 bridgehead atoms. The first-order valence-electron chi connectivity index (χ1n) is 6.64. The summed E-state index contributed by atoms with van der Waals surface area (Å²) >= 11 is 0. The van der Waals surface area contributed by atoms with E-state index in [0.717, 1.165) is 25.2 Å². The normalized spacial score (nSPS) is 18.1. The number of halogens is 1. The molecule has 3 rings (SSSR count). The summed E-state index contributed by atoms with van der Waals surface area (Å²) in [5.74, 6) is 0.596. The smallest absolute Gasteiger partial charge is 0.254 e. The molecule has 1 saturated heterocycles. The summed E-state index contributed by atoms with van der Waals surface area (Å²) in [6.45, 7) is 4.48. The highest BCUT2D eigenvalue weighted by atomic mass is 35.5. The minimum atomic E-state index is 0. The molecule has 2 heterocycles. The fraction of sp³-hybridized carbons (Fsp3) is 0.357. The van der Waals surface area contributed by atoms with E-state index >= 15 is 0 Å². The lowest BCUT2D eigenvalue weighted by molar-refractivity contribution is 0.0656. The van der Waals surface area contributed by atoms with Crippen LogP contribution in [0.15, 0.2) is 35.2 Å². The third-order valence-corrected chi connectivity index (χ3v) is 3.51. The Bertz CT molecular complexity index is 586. The van der Waals surface area contributed by atoms with E-state index < -0.39 is 0 Å². The van der Waals surface area contributed by atoms with E-state index in [9.17, 15) is 4.79 Å². The Morgan fingerprint density at radius 1 is 1.38 bits per heavy atom. The Kier molecular flexibility index (Phi) is 4.93. The zero-order valence-electron chi connectivity index (χ0n) is 11.7. The molecule has 1 fully saturated rings. The van der Waals surface area contributed by atoms with E-state index in [1.54, 1.807) is 0 Å². The maximum atomic E-state index is 12.5. The number of nitrogens with one attached hydrogen (secondary N) is 1. The number of amides is 1. The molecule has 0 spiro atoms. The monoisotopic (exact) mass is 308 g/mol. The van der Waals surface area contributed by atoms with Crippen LogP contribution in [0.3, 0.4) is 0 Å². The molecule has 112 valence electrons. The quantitative estimate of drug-likeness (QED) is 0.912. The van der Waals surface area contributed by atoms with Gasteiger partial charge in [-0.05, 0) is 19.1 Å². The van der Waals surface area contributed by atoms with Gasteiger partial charge in [0.15, 0.2) is 0 Å². The molecule has 1 aliphatic rings. The van der Waals surface area contributed by atoms with Crippen molar-refractivity contribution in [2.24, 2.45) is 0 Å². The van der Waals surface area contributed by atoms with Gasteiger partial charge in [-0.15, -0.1) is 12.4 Å². The second-order valence-corrected chi connectivity index (χ2v) is 4.88. The van der Waals surface area contributed by atoms with Gasteiger partial charge in [-0.25, -0.2) is 0 Å². The number of hydrogen-bond donors (Lipinski definition) is 1. The van der Waals surface area contributed by atoms with E-state index in [1.165, 1.54) is 6.39 Å². The van der Waals surface area contributed by atoms with Gasteiger partial charge in [0.05, 0.1) is 0 Å². The molecular weight excluding hydrogens is 292 g/mol. The van der Waals surface area contributed by atoms with Crippen molar-refractivity contribution in [3.63, 3.8) is 0 Å². The van der Waals surface area contributed by atoms with Crippen LogP contribution >= 0.6 is 12.4 Å². The predicted molar refractivity (Wildman–Crippen MR) is 80.4 cm³/mol. The SMILES string of the molecule is C[C@@H]1CNCCN1C(=O)c1ccc(-c2ncon2)cc1.Cl. The lowest BCUT2D eigenvalue weighted by atomic mass is 10.1. The highest BCUT2D eigenvalue weighted by Gasteiger charge is 2.23. The van der Waals surface area contributed by atoms with Gasteiger partial charge in [0.25, 0.3) is 5.91 Å².